The van der Waals surface area contributed by atoms with Crippen molar-refractivity contribution in [1.29, 1.82) is 0 Å². The van der Waals surface area contributed by atoms with Crippen LogP contribution in [-0.4, -0.2) is 45.1 Å². The van der Waals surface area contributed by atoms with Crippen LogP contribution in [0.25, 0.3) is 0 Å². The van der Waals surface area contributed by atoms with Crippen molar-refractivity contribution in [1.82, 2.24) is 4.72 Å². The van der Waals surface area contributed by atoms with Crippen LogP contribution in [0.4, 0.5) is 0 Å². The van der Waals surface area contributed by atoms with Crippen molar-refractivity contribution in [3.8, 4) is 0 Å². The fraction of sp³-hybridized carbons (Fsp3) is 1.00. The Hall–Kier alpha value is -0.170. The first-order chi connectivity index (χ1) is 7.68. The van der Waals surface area contributed by atoms with E-state index in [4.69, 9.17) is 4.74 Å². The molecule has 0 radical (unpaired) electrons. The van der Waals surface area contributed by atoms with Gasteiger partial charge in [0.2, 0.25) is 10.0 Å². The van der Waals surface area contributed by atoms with Crippen LogP contribution >= 0.6 is 0 Å². The molecule has 0 fully saturated rings. The Labute approximate surface area is 105 Å². The fourth-order valence-electron chi connectivity index (χ4n) is 1.14. The quantitative estimate of drug-likeness (QED) is 0.646. The molecule has 0 aromatic heterocycles. The fourth-order valence-corrected chi connectivity index (χ4v) is 2.60. The second kappa shape index (κ2) is 7.31. The zero-order chi connectivity index (χ0) is 13.5. The van der Waals surface area contributed by atoms with Crippen molar-refractivity contribution in [2.24, 2.45) is 5.92 Å². The topological polar surface area (TPSA) is 75.6 Å². The molecule has 0 spiro atoms. The van der Waals surface area contributed by atoms with Crippen LogP contribution in [0.2, 0.25) is 0 Å². The van der Waals surface area contributed by atoms with Gasteiger partial charge in [-0.3, -0.25) is 0 Å². The van der Waals surface area contributed by atoms with E-state index in [-0.39, 0.29) is 12.3 Å². The molecule has 0 bridgehead atoms. The number of hydrogen-bond donors (Lipinski definition) is 2. The summed E-state index contributed by atoms with van der Waals surface area (Å²) in [6.45, 7) is 5.98. The van der Waals surface area contributed by atoms with Crippen LogP contribution < -0.4 is 4.72 Å². The van der Waals surface area contributed by atoms with Gasteiger partial charge in [-0.15, -0.1) is 0 Å². The van der Waals surface area contributed by atoms with Gasteiger partial charge in [-0.05, 0) is 19.3 Å². The summed E-state index contributed by atoms with van der Waals surface area (Å²) in [6.07, 6.45) is 1.02. The Kier molecular flexibility index (Phi) is 7.23. The van der Waals surface area contributed by atoms with Crippen molar-refractivity contribution in [2.75, 3.05) is 26.0 Å². The van der Waals surface area contributed by atoms with Crippen LogP contribution in [0.3, 0.4) is 0 Å². The molecule has 0 aromatic carbocycles. The minimum atomic E-state index is -3.29. The molecule has 17 heavy (non-hydrogen) atoms. The Bertz CT molecular complexity index is 299. The van der Waals surface area contributed by atoms with Gasteiger partial charge in [-0.1, -0.05) is 13.8 Å². The average Bonchev–Trinajstić information content (AvgIpc) is 2.22. The predicted octanol–water partition coefficient (Wildman–Crippen LogP) is 0.739. The van der Waals surface area contributed by atoms with Gasteiger partial charge in [-0.2, -0.15) is 0 Å². The lowest BCUT2D eigenvalue weighted by molar-refractivity contribution is 0.0292. The second-order valence-electron chi connectivity index (χ2n) is 5.06. The SMILES string of the molecule is COCCC(C)(O)CNS(=O)(=O)CCC(C)C. The molecule has 0 aliphatic rings. The Morgan fingerprint density at radius 2 is 2.00 bits per heavy atom. The maximum absolute atomic E-state index is 11.6. The van der Waals surface area contributed by atoms with Crippen molar-refractivity contribution in [2.45, 2.75) is 39.2 Å². The molecule has 5 nitrogen and oxygen atoms in total. The maximum atomic E-state index is 11.6. The van der Waals surface area contributed by atoms with Crippen LogP contribution in [0.15, 0.2) is 0 Å². The van der Waals surface area contributed by atoms with E-state index in [2.05, 4.69) is 4.72 Å². The summed E-state index contributed by atoms with van der Waals surface area (Å²) >= 11 is 0. The van der Waals surface area contributed by atoms with Crippen molar-refractivity contribution >= 4 is 10.0 Å². The molecule has 0 saturated heterocycles. The lowest BCUT2D eigenvalue weighted by Gasteiger charge is -2.23. The molecule has 0 saturated carbocycles. The Morgan fingerprint density at radius 1 is 1.41 bits per heavy atom. The Morgan fingerprint density at radius 3 is 2.47 bits per heavy atom. The molecule has 0 amide bonds. The van der Waals surface area contributed by atoms with Gasteiger partial charge in [0.25, 0.3) is 0 Å². The molecule has 0 aliphatic heterocycles. The normalized spacial score (nSPS) is 16.1. The summed E-state index contributed by atoms with van der Waals surface area (Å²) in [6, 6.07) is 0. The highest BCUT2D eigenvalue weighted by molar-refractivity contribution is 7.89. The first-order valence-electron chi connectivity index (χ1n) is 5.87. The van der Waals surface area contributed by atoms with Crippen LogP contribution in [0.5, 0.6) is 0 Å². The van der Waals surface area contributed by atoms with Crippen molar-refractivity contribution in [3.63, 3.8) is 0 Å². The van der Waals surface area contributed by atoms with Gasteiger partial charge < -0.3 is 9.84 Å². The number of aliphatic hydroxyl groups is 1. The lowest BCUT2D eigenvalue weighted by atomic mass is 10.0. The third kappa shape index (κ3) is 9.52. The molecule has 0 aliphatic carbocycles. The molecule has 1 unspecified atom stereocenters. The summed E-state index contributed by atoms with van der Waals surface area (Å²) < 4.78 is 30.5. The molecule has 1 atom stereocenters. The van der Waals surface area contributed by atoms with Gasteiger partial charge in [-0.25, -0.2) is 13.1 Å². The molecular formula is C11H25NO4S. The van der Waals surface area contributed by atoms with Crippen LogP contribution in [0, 0.1) is 5.92 Å². The van der Waals surface area contributed by atoms with Gasteiger partial charge >= 0.3 is 0 Å². The summed E-state index contributed by atoms with van der Waals surface area (Å²) in [4.78, 5) is 0. The first-order valence-corrected chi connectivity index (χ1v) is 7.52. The minimum Gasteiger partial charge on any atom is -0.389 e. The molecule has 0 rings (SSSR count). The molecule has 0 aromatic rings. The third-order valence-corrected chi connectivity index (χ3v) is 3.84. The average molecular weight is 267 g/mol. The summed E-state index contributed by atoms with van der Waals surface area (Å²) in [7, 11) is -1.74. The first kappa shape index (κ1) is 16.8. The summed E-state index contributed by atoms with van der Waals surface area (Å²) in [5.41, 5.74) is -1.07. The van der Waals surface area contributed by atoms with E-state index in [1.807, 2.05) is 13.8 Å². The van der Waals surface area contributed by atoms with E-state index < -0.39 is 15.6 Å². The molecule has 6 heteroatoms. The number of rotatable bonds is 9. The van der Waals surface area contributed by atoms with E-state index in [0.29, 0.717) is 25.4 Å². The van der Waals surface area contributed by atoms with Gasteiger partial charge in [0, 0.05) is 26.7 Å². The monoisotopic (exact) mass is 267 g/mol. The minimum absolute atomic E-state index is 0.0246. The van der Waals surface area contributed by atoms with E-state index in [9.17, 15) is 13.5 Å². The third-order valence-electron chi connectivity index (χ3n) is 2.48. The number of methoxy groups -OCH3 is 1. The van der Waals surface area contributed by atoms with E-state index in [1.165, 1.54) is 0 Å². The summed E-state index contributed by atoms with van der Waals surface area (Å²) in [5, 5.41) is 9.88. The zero-order valence-electron chi connectivity index (χ0n) is 11.2. The zero-order valence-corrected chi connectivity index (χ0v) is 12.0. The van der Waals surface area contributed by atoms with E-state index in [0.717, 1.165) is 0 Å². The van der Waals surface area contributed by atoms with Crippen LogP contribution in [0.1, 0.15) is 33.6 Å². The highest BCUT2D eigenvalue weighted by Gasteiger charge is 2.22. The van der Waals surface area contributed by atoms with E-state index >= 15 is 0 Å². The summed E-state index contributed by atoms with van der Waals surface area (Å²) in [5.74, 6) is 0.450. The number of nitrogens with one attached hydrogen (secondary N) is 1. The highest BCUT2D eigenvalue weighted by atomic mass is 32.2. The standard InChI is InChI=1S/C11H25NO4S/c1-10(2)5-8-17(14,15)12-9-11(3,13)6-7-16-4/h10,12-13H,5-9H2,1-4H3. The van der Waals surface area contributed by atoms with Crippen molar-refractivity contribution in [3.05, 3.63) is 0 Å². The van der Waals surface area contributed by atoms with Crippen molar-refractivity contribution < 1.29 is 18.3 Å². The molecule has 2 N–H and O–H groups in total. The molecular weight excluding hydrogens is 242 g/mol. The maximum Gasteiger partial charge on any atom is 0.211 e. The van der Waals surface area contributed by atoms with Gasteiger partial charge in [0.15, 0.2) is 0 Å². The second-order valence-corrected chi connectivity index (χ2v) is 6.99. The molecule has 104 valence electrons. The van der Waals surface area contributed by atoms with E-state index in [1.54, 1.807) is 14.0 Å². The highest BCUT2D eigenvalue weighted by Crippen LogP contribution is 2.09. The smallest absolute Gasteiger partial charge is 0.211 e. The van der Waals surface area contributed by atoms with Crippen LogP contribution in [-0.2, 0) is 14.8 Å². The predicted molar refractivity (Wildman–Crippen MR) is 68.4 cm³/mol. The Balaban J connectivity index is 4.07. The molecule has 0 heterocycles. The number of hydrogen-bond acceptors (Lipinski definition) is 4. The largest absolute Gasteiger partial charge is 0.389 e. The number of ether oxygens (including phenoxy) is 1. The van der Waals surface area contributed by atoms with Gasteiger partial charge in [0.1, 0.15) is 0 Å². The van der Waals surface area contributed by atoms with Gasteiger partial charge in [0.05, 0.1) is 11.4 Å². The number of sulfonamides is 1. The lowest BCUT2D eigenvalue weighted by Crippen LogP contribution is -2.42.